The number of aromatic nitrogens is 1. The van der Waals surface area contributed by atoms with Gasteiger partial charge in [0.25, 0.3) is 0 Å². The molecule has 0 aliphatic heterocycles. The van der Waals surface area contributed by atoms with Crippen molar-refractivity contribution in [3.63, 3.8) is 0 Å². The molecule has 1 fully saturated rings. The third-order valence-corrected chi connectivity index (χ3v) is 4.20. The Bertz CT molecular complexity index is 522. The van der Waals surface area contributed by atoms with Gasteiger partial charge in [-0.05, 0) is 43.0 Å². The number of hydrogen-bond donors (Lipinski definition) is 1. The largest absolute Gasteiger partial charge is 0.384 e. The molecule has 1 N–H and O–H groups in total. The van der Waals surface area contributed by atoms with Gasteiger partial charge in [0.15, 0.2) is 0 Å². The van der Waals surface area contributed by atoms with Gasteiger partial charge in [0.05, 0.1) is 5.52 Å². The van der Waals surface area contributed by atoms with Crippen LogP contribution in [0.3, 0.4) is 0 Å². The number of nitrogens with one attached hydrogen (secondary N) is 1. The minimum Gasteiger partial charge on any atom is -0.384 e. The number of benzene rings is 1. The van der Waals surface area contributed by atoms with E-state index in [1.807, 2.05) is 12.3 Å². The van der Waals surface area contributed by atoms with E-state index in [4.69, 9.17) is 0 Å². The SMILES string of the molecule is c1cc(NCC2CCCCCC2)c2cccnc2c1. The van der Waals surface area contributed by atoms with E-state index in [9.17, 15) is 0 Å². The quantitative estimate of drug-likeness (QED) is 0.809. The van der Waals surface area contributed by atoms with Gasteiger partial charge in [0.1, 0.15) is 0 Å². The van der Waals surface area contributed by atoms with Gasteiger partial charge < -0.3 is 5.32 Å². The Kier molecular flexibility index (Phi) is 3.97. The first-order valence-corrected chi connectivity index (χ1v) is 7.51. The van der Waals surface area contributed by atoms with Crippen LogP contribution in [-0.4, -0.2) is 11.5 Å². The molecular weight excluding hydrogens is 232 g/mol. The van der Waals surface area contributed by atoms with Crippen molar-refractivity contribution in [2.75, 3.05) is 11.9 Å². The molecule has 2 nitrogen and oxygen atoms in total. The number of nitrogens with zero attached hydrogens (tertiary/aromatic N) is 1. The molecule has 0 spiro atoms. The van der Waals surface area contributed by atoms with Crippen molar-refractivity contribution < 1.29 is 0 Å². The number of rotatable bonds is 3. The van der Waals surface area contributed by atoms with Crippen LogP contribution >= 0.6 is 0 Å². The van der Waals surface area contributed by atoms with Crippen molar-refractivity contribution in [1.29, 1.82) is 0 Å². The molecule has 0 amide bonds. The molecule has 0 unspecified atom stereocenters. The van der Waals surface area contributed by atoms with Gasteiger partial charge in [-0.1, -0.05) is 31.7 Å². The summed E-state index contributed by atoms with van der Waals surface area (Å²) in [7, 11) is 0. The van der Waals surface area contributed by atoms with Gasteiger partial charge in [-0.25, -0.2) is 0 Å². The fraction of sp³-hybridized carbons (Fsp3) is 0.471. The lowest BCUT2D eigenvalue weighted by molar-refractivity contribution is 0.483. The van der Waals surface area contributed by atoms with Gasteiger partial charge in [0.2, 0.25) is 0 Å². The van der Waals surface area contributed by atoms with Crippen LogP contribution in [-0.2, 0) is 0 Å². The maximum atomic E-state index is 4.41. The second kappa shape index (κ2) is 6.05. The predicted octanol–water partition coefficient (Wildman–Crippen LogP) is 4.62. The van der Waals surface area contributed by atoms with Crippen LogP contribution in [0.1, 0.15) is 38.5 Å². The minimum absolute atomic E-state index is 0.842. The molecule has 1 aliphatic rings. The van der Waals surface area contributed by atoms with Crippen molar-refractivity contribution in [3.8, 4) is 0 Å². The molecule has 1 saturated carbocycles. The van der Waals surface area contributed by atoms with Crippen LogP contribution in [0.25, 0.3) is 10.9 Å². The van der Waals surface area contributed by atoms with Gasteiger partial charge in [-0.15, -0.1) is 0 Å². The number of pyridine rings is 1. The highest BCUT2D eigenvalue weighted by Crippen LogP contribution is 2.25. The first kappa shape index (κ1) is 12.5. The summed E-state index contributed by atoms with van der Waals surface area (Å²) >= 11 is 0. The molecule has 1 aromatic heterocycles. The molecule has 19 heavy (non-hydrogen) atoms. The summed E-state index contributed by atoms with van der Waals surface area (Å²) < 4.78 is 0. The molecule has 1 aliphatic carbocycles. The Morgan fingerprint density at radius 3 is 2.68 bits per heavy atom. The molecular formula is C17H22N2. The highest BCUT2D eigenvalue weighted by Gasteiger charge is 2.12. The lowest BCUT2D eigenvalue weighted by Crippen LogP contribution is -2.13. The maximum absolute atomic E-state index is 4.41. The standard InChI is InChI=1S/C17H22N2/c1-2-4-8-14(7-3-1)13-19-17-11-5-10-16-15(17)9-6-12-18-16/h5-6,9-12,14,19H,1-4,7-8,13H2. The van der Waals surface area contributed by atoms with Crippen molar-refractivity contribution in [2.24, 2.45) is 5.92 Å². The van der Waals surface area contributed by atoms with E-state index in [0.717, 1.165) is 18.0 Å². The Hall–Kier alpha value is -1.57. The molecule has 0 radical (unpaired) electrons. The minimum atomic E-state index is 0.842. The van der Waals surface area contributed by atoms with Crippen molar-refractivity contribution in [3.05, 3.63) is 36.5 Å². The zero-order valence-corrected chi connectivity index (χ0v) is 11.4. The highest BCUT2D eigenvalue weighted by atomic mass is 14.9. The molecule has 2 aromatic rings. The Morgan fingerprint density at radius 1 is 1.00 bits per heavy atom. The Labute approximate surface area is 115 Å². The third-order valence-electron chi connectivity index (χ3n) is 4.20. The Morgan fingerprint density at radius 2 is 1.84 bits per heavy atom. The monoisotopic (exact) mass is 254 g/mol. The van der Waals surface area contributed by atoms with Crippen LogP contribution in [0.4, 0.5) is 5.69 Å². The summed E-state index contributed by atoms with van der Waals surface area (Å²) in [5.41, 5.74) is 2.31. The third kappa shape index (κ3) is 3.06. The summed E-state index contributed by atoms with van der Waals surface area (Å²) in [6.45, 7) is 1.11. The summed E-state index contributed by atoms with van der Waals surface area (Å²) in [6.07, 6.45) is 10.3. The van der Waals surface area contributed by atoms with E-state index in [1.165, 1.54) is 49.6 Å². The van der Waals surface area contributed by atoms with Crippen LogP contribution in [0, 0.1) is 5.92 Å². The summed E-state index contributed by atoms with van der Waals surface area (Å²) in [6, 6.07) is 10.5. The molecule has 0 atom stereocenters. The second-order valence-electron chi connectivity index (χ2n) is 5.61. The molecule has 100 valence electrons. The summed E-state index contributed by atoms with van der Waals surface area (Å²) in [4.78, 5) is 4.41. The zero-order valence-electron chi connectivity index (χ0n) is 11.4. The van der Waals surface area contributed by atoms with E-state index < -0.39 is 0 Å². The lowest BCUT2D eigenvalue weighted by Gasteiger charge is -2.16. The summed E-state index contributed by atoms with van der Waals surface area (Å²) in [5.74, 6) is 0.842. The number of hydrogen-bond acceptors (Lipinski definition) is 2. The number of anilines is 1. The summed E-state index contributed by atoms with van der Waals surface area (Å²) in [5, 5.41) is 4.88. The van der Waals surface area contributed by atoms with E-state index in [1.54, 1.807) is 0 Å². The number of fused-ring (bicyclic) bond motifs is 1. The smallest absolute Gasteiger partial charge is 0.0722 e. The molecule has 2 heteroatoms. The maximum Gasteiger partial charge on any atom is 0.0722 e. The van der Waals surface area contributed by atoms with E-state index >= 15 is 0 Å². The molecule has 3 rings (SSSR count). The van der Waals surface area contributed by atoms with E-state index in [0.29, 0.717) is 0 Å². The first-order valence-electron chi connectivity index (χ1n) is 7.51. The zero-order chi connectivity index (χ0) is 12.9. The van der Waals surface area contributed by atoms with Crippen molar-refractivity contribution in [1.82, 2.24) is 4.98 Å². The molecule has 0 saturated heterocycles. The topological polar surface area (TPSA) is 24.9 Å². The van der Waals surface area contributed by atoms with Gasteiger partial charge in [-0.3, -0.25) is 4.98 Å². The van der Waals surface area contributed by atoms with Crippen LogP contribution in [0.2, 0.25) is 0 Å². The van der Waals surface area contributed by atoms with E-state index in [2.05, 4.69) is 34.6 Å². The van der Waals surface area contributed by atoms with E-state index in [-0.39, 0.29) is 0 Å². The van der Waals surface area contributed by atoms with Gasteiger partial charge >= 0.3 is 0 Å². The average molecular weight is 254 g/mol. The second-order valence-corrected chi connectivity index (χ2v) is 5.61. The van der Waals surface area contributed by atoms with Gasteiger partial charge in [0, 0.05) is 23.8 Å². The average Bonchev–Trinajstić information content (AvgIpc) is 2.74. The lowest BCUT2D eigenvalue weighted by atomic mass is 10.0. The fourth-order valence-corrected chi connectivity index (χ4v) is 3.08. The predicted molar refractivity (Wildman–Crippen MR) is 81.4 cm³/mol. The fourth-order valence-electron chi connectivity index (χ4n) is 3.08. The van der Waals surface area contributed by atoms with Crippen molar-refractivity contribution >= 4 is 16.6 Å². The van der Waals surface area contributed by atoms with Gasteiger partial charge in [-0.2, -0.15) is 0 Å². The van der Waals surface area contributed by atoms with Crippen LogP contribution in [0.5, 0.6) is 0 Å². The normalized spacial score (nSPS) is 17.3. The van der Waals surface area contributed by atoms with Crippen LogP contribution < -0.4 is 5.32 Å². The van der Waals surface area contributed by atoms with Crippen molar-refractivity contribution in [2.45, 2.75) is 38.5 Å². The Balaban J connectivity index is 1.71. The first-order chi connectivity index (χ1) is 9.43. The van der Waals surface area contributed by atoms with Crippen LogP contribution in [0.15, 0.2) is 36.5 Å². The molecule has 1 heterocycles. The molecule has 0 bridgehead atoms. The highest BCUT2D eigenvalue weighted by molar-refractivity contribution is 5.91. The molecule has 1 aromatic carbocycles.